The third-order valence-corrected chi connectivity index (χ3v) is 10.2. The molecule has 48 heavy (non-hydrogen) atoms. The Morgan fingerprint density at radius 1 is 0.875 bits per heavy atom. The van der Waals surface area contributed by atoms with Crippen LogP contribution in [0.1, 0.15) is 55.2 Å². The van der Waals surface area contributed by atoms with E-state index >= 15 is 0 Å². The Morgan fingerprint density at radius 2 is 1.58 bits per heavy atom. The van der Waals surface area contributed by atoms with Gasteiger partial charge in [-0.15, -0.1) is 0 Å². The van der Waals surface area contributed by atoms with Crippen molar-refractivity contribution in [3.05, 3.63) is 107 Å². The smallest absolute Gasteiger partial charge is 0.409 e. The second-order valence-corrected chi connectivity index (χ2v) is 13.3. The van der Waals surface area contributed by atoms with Crippen molar-refractivity contribution in [3.63, 3.8) is 0 Å². The molecule has 4 aromatic carbocycles. The lowest BCUT2D eigenvalue weighted by Gasteiger charge is -2.31. The fourth-order valence-electron chi connectivity index (χ4n) is 6.69. The van der Waals surface area contributed by atoms with Crippen LogP contribution in [0.4, 0.5) is 10.5 Å². The number of carbonyl (C=O) groups is 4. The van der Waals surface area contributed by atoms with E-state index in [1.165, 1.54) is 6.92 Å². The lowest BCUT2D eigenvalue weighted by Crippen LogP contribution is -2.48. The summed E-state index contributed by atoms with van der Waals surface area (Å²) in [7, 11) is 2.04. The summed E-state index contributed by atoms with van der Waals surface area (Å²) < 4.78 is 6.04. The predicted molar refractivity (Wildman–Crippen MR) is 190 cm³/mol. The molecular formula is C38H35BrN4O5. The molecule has 10 heteroatoms. The second kappa shape index (κ2) is 13.0. The van der Waals surface area contributed by atoms with Gasteiger partial charge >= 0.3 is 6.09 Å². The van der Waals surface area contributed by atoms with Gasteiger partial charge in [0.15, 0.2) is 11.6 Å². The van der Waals surface area contributed by atoms with Crippen molar-refractivity contribution in [2.75, 3.05) is 50.0 Å². The number of carbonyl (C=O) groups excluding carboxylic acids is 4. The molecule has 0 unspecified atom stereocenters. The minimum Gasteiger partial charge on any atom is -0.409 e. The number of nitrogens with one attached hydrogen (secondary N) is 1. The number of anilines is 1. The first-order valence-electron chi connectivity index (χ1n) is 16.0. The number of hydrogen-bond acceptors (Lipinski definition) is 6. The number of ketones is 2. The van der Waals surface area contributed by atoms with E-state index < -0.39 is 0 Å². The van der Waals surface area contributed by atoms with E-state index in [-0.39, 0.29) is 35.9 Å². The highest BCUT2D eigenvalue weighted by atomic mass is 79.9. The van der Waals surface area contributed by atoms with Crippen LogP contribution in [0.3, 0.4) is 0 Å². The van der Waals surface area contributed by atoms with Gasteiger partial charge in [0, 0.05) is 83.9 Å². The number of halogens is 1. The zero-order chi connectivity index (χ0) is 33.5. The van der Waals surface area contributed by atoms with Crippen molar-refractivity contribution in [3.8, 4) is 5.75 Å². The summed E-state index contributed by atoms with van der Waals surface area (Å²) in [5, 5.41) is 3.28. The van der Waals surface area contributed by atoms with Crippen molar-refractivity contribution in [2.24, 2.45) is 0 Å². The SMILES string of the molecule is CC(=O)c1ccc(C(=O)Cc2ccc3[nH]c(C(=O)N4C[C@@H](CBr)c5c4cc(OC(=O)N4CCN(C)CC4)c4ccccc54)cc3c2)cc1. The molecule has 5 aromatic rings. The third kappa shape index (κ3) is 6.02. The number of aromatic amines is 1. The highest BCUT2D eigenvalue weighted by molar-refractivity contribution is 9.09. The van der Waals surface area contributed by atoms with E-state index in [2.05, 4.69) is 25.8 Å². The number of aromatic nitrogens is 1. The van der Waals surface area contributed by atoms with Gasteiger partial charge in [-0.25, -0.2) is 4.79 Å². The maximum atomic E-state index is 14.2. The summed E-state index contributed by atoms with van der Waals surface area (Å²) in [5.74, 6) is 0.189. The molecule has 2 amide bonds. The van der Waals surface area contributed by atoms with E-state index in [1.807, 2.05) is 61.6 Å². The summed E-state index contributed by atoms with van der Waals surface area (Å²) in [4.78, 5) is 61.0. The first-order valence-corrected chi connectivity index (χ1v) is 17.2. The number of likely N-dealkylation sites (N-methyl/N-ethyl adjacent to an activating group) is 1. The quantitative estimate of drug-likeness (QED) is 0.147. The highest BCUT2D eigenvalue weighted by Gasteiger charge is 2.36. The van der Waals surface area contributed by atoms with Crippen molar-refractivity contribution < 1.29 is 23.9 Å². The maximum Gasteiger partial charge on any atom is 0.415 e. The van der Waals surface area contributed by atoms with Crippen LogP contribution >= 0.6 is 15.9 Å². The molecular weight excluding hydrogens is 672 g/mol. The monoisotopic (exact) mass is 706 g/mol. The molecule has 0 bridgehead atoms. The minimum atomic E-state index is -0.390. The van der Waals surface area contributed by atoms with Gasteiger partial charge in [-0.3, -0.25) is 14.4 Å². The Labute approximate surface area is 286 Å². The number of benzene rings is 4. The standard InChI is InChI=1S/C38H35BrN4O5/c1-23(44)25-8-10-26(11-9-25)34(45)18-24-7-12-31-27(17-24)19-32(40-31)37(46)43-22-28(21-39)36-30-6-4-3-5-29(30)35(20-33(36)43)48-38(47)42-15-13-41(2)14-16-42/h3-12,17,19-20,28,40H,13-16,18,21-22H2,1-2H3/t28-/m1/s1. The zero-order valence-electron chi connectivity index (χ0n) is 26.8. The van der Waals surface area contributed by atoms with Gasteiger partial charge in [0.05, 0.1) is 5.69 Å². The summed E-state index contributed by atoms with van der Waals surface area (Å²) in [6.07, 6.45) is -0.196. The van der Waals surface area contributed by atoms with E-state index in [0.29, 0.717) is 47.5 Å². The Hall–Kier alpha value is -4.80. The molecule has 0 aliphatic carbocycles. The number of fused-ring (bicyclic) bond motifs is 4. The van der Waals surface area contributed by atoms with Gasteiger partial charge in [0.2, 0.25) is 0 Å². The van der Waals surface area contributed by atoms with Gasteiger partial charge in [0.25, 0.3) is 5.91 Å². The average Bonchev–Trinajstić information content (AvgIpc) is 3.70. The maximum absolute atomic E-state index is 14.2. The van der Waals surface area contributed by atoms with Crippen LogP contribution < -0.4 is 9.64 Å². The number of hydrogen-bond donors (Lipinski definition) is 1. The minimum absolute atomic E-state index is 0.0442. The third-order valence-electron chi connectivity index (χ3n) is 9.41. The molecule has 1 N–H and O–H groups in total. The summed E-state index contributed by atoms with van der Waals surface area (Å²) in [6.45, 7) is 4.73. The first kappa shape index (κ1) is 31.8. The van der Waals surface area contributed by atoms with Crippen molar-refractivity contribution in [1.29, 1.82) is 0 Å². The molecule has 1 atom stereocenters. The summed E-state index contributed by atoms with van der Waals surface area (Å²) in [6, 6.07) is 23.9. The number of piperazine rings is 1. The van der Waals surface area contributed by atoms with E-state index in [9.17, 15) is 19.2 Å². The summed E-state index contributed by atoms with van der Waals surface area (Å²) in [5.41, 5.74) is 4.92. The molecule has 9 nitrogen and oxygen atoms in total. The van der Waals surface area contributed by atoms with Gasteiger partial charge in [-0.2, -0.15) is 0 Å². The predicted octanol–water partition coefficient (Wildman–Crippen LogP) is 6.83. The van der Waals surface area contributed by atoms with E-state index in [1.54, 1.807) is 34.1 Å². The molecule has 1 saturated heterocycles. The van der Waals surface area contributed by atoms with Crippen LogP contribution in [0.15, 0.2) is 78.9 Å². The van der Waals surface area contributed by atoms with Gasteiger partial charge in [-0.1, -0.05) is 70.5 Å². The fraction of sp³-hybridized carbons (Fsp3) is 0.263. The summed E-state index contributed by atoms with van der Waals surface area (Å²) >= 11 is 3.68. The molecule has 3 heterocycles. The molecule has 0 radical (unpaired) electrons. The molecule has 0 spiro atoms. The van der Waals surface area contributed by atoms with E-state index in [4.69, 9.17) is 4.74 Å². The van der Waals surface area contributed by atoms with Gasteiger partial charge in [-0.05, 0) is 48.7 Å². The normalized spacial score (nSPS) is 16.4. The number of H-pyrrole nitrogens is 1. The molecule has 0 saturated carbocycles. The van der Waals surface area contributed by atoms with Crippen LogP contribution in [0.25, 0.3) is 21.7 Å². The van der Waals surface area contributed by atoms with E-state index in [0.717, 1.165) is 51.6 Å². The molecule has 2 aliphatic heterocycles. The molecule has 244 valence electrons. The van der Waals surface area contributed by atoms with Crippen LogP contribution in [0.5, 0.6) is 5.75 Å². The lowest BCUT2D eigenvalue weighted by atomic mass is 9.95. The van der Waals surface area contributed by atoms with Crippen molar-refractivity contribution >= 4 is 66.9 Å². The molecule has 1 fully saturated rings. The van der Waals surface area contributed by atoms with Gasteiger partial charge < -0.3 is 24.4 Å². The zero-order valence-corrected chi connectivity index (χ0v) is 28.4. The Morgan fingerprint density at radius 3 is 2.29 bits per heavy atom. The Kier molecular flexibility index (Phi) is 8.61. The molecule has 7 rings (SSSR count). The van der Waals surface area contributed by atoms with Crippen LogP contribution in [-0.2, 0) is 6.42 Å². The second-order valence-electron chi connectivity index (χ2n) is 12.6. The largest absolute Gasteiger partial charge is 0.415 e. The molecule has 1 aromatic heterocycles. The highest BCUT2D eigenvalue weighted by Crippen LogP contribution is 2.46. The number of nitrogens with zero attached hydrogens (tertiary/aromatic N) is 3. The number of Topliss-reactive ketones (excluding diaryl/α,β-unsaturated/α-hetero) is 2. The molecule has 2 aliphatic rings. The van der Waals surface area contributed by atoms with Crippen LogP contribution in [-0.4, -0.2) is 83.5 Å². The Balaban J connectivity index is 1.17. The van der Waals surface area contributed by atoms with Crippen molar-refractivity contribution in [2.45, 2.75) is 19.3 Å². The van der Waals surface area contributed by atoms with Crippen LogP contribution in [0.2, 0.25) is 0 Å². The number of ether oxygens (including phenoxy) is 1. The first-order chi connectivity index (χ1) is 23.2. The number of alkyl halides is 1. The lowest BCUT2D eigenvalue weighted by molar-refractivity contribution is 0.0979. The number of amides is 2. The van der Waals surface area contributed by atoms with Gasteiger partial charge in [0.1, 0.15) is 11.4 Å². The fourth-order valence-corrected chi connectivity index (χ4v) is 7.22. The topological polar surface area (TPSA) is 103 Å². The number of rotatable bonds is 7. The van der Waals surface area contributed by atoms with Crippen LogP contribution in [0, 0.1) is 0 Å². The van der Waals surface area contributed by atoms with Crippen molar-refractivity contribution in [1.82, 2.24) is 14.8 Å². The average molecular weight is 708 g/mol. The Bertz CT molecular complexity index is 2080.